The monoisotopic (exact) mass is 514 g/mol. The minimum Gasteiger partial charge on any atom is -0.340 e. The molecule has 0 saturated carbocycles. The van der Waals surface area contributed by atoms with Gasteiger partial charge in [-0.2, -0.15) is 18.2 Å². The third kappa shape index (κ3) is 5.71. The second-order valence-electron chi connectivity index (χ2n) is 8.95. The Hall–Kier alpha value is -4.00. The number of nitrogens with zero attached hydrogens (tertiary/aromatic N) is 6. The number of imidazole rings is 1. The largest absolute Gasteiger partial charge is 0.397 e. The van der Waals surface area contributed by atoms with Crippen LogP contribution in [0.4, 0.5) is 24.9 Å². The molecule has 1 unspecified atom stereocenters. The molecule has 13 heteroatoms. The Morgan fingerprint density at radius 2 is 1.95 bits per heavy atom. The zero-order valence-corrected chi connectivity index (χ0v) is 20.2. The number of benzene rings is 1. The van der Waals surface area contributed by atoms with Crippen molar-refractivity contribution in [2.75, 3.05) is 31.5 Å². The van der Waals surface area contributed by atoms with Gasteiger partial charge < -0.3 is 19.7 Å². The summed E-state index contributed by atoms with van der Waals surface area (Å²) in [6.45, 7) is 5.28. The topological polar surface area (TPSA) is 116 Å². The van der Waals surface area contributed by atoms with E-state index in [2.05, 4.69) is 35.3 Å². The van der Waals surface area contributed by atoms with Crippen molar-refractivity contribution in [3.63, 3.8) is 0 Å². The Bertz CT molecular complexity index is 1410. The second kappa shape index (κ2) is 9.81. The molecule has 1 aliphatic heterocycles. The van der Waals surface area contributed by atoms with Crippen LogP contribution in [-0.2, 0) is 4.79 Å². The van der Waals surface area contributed by atoms with Crippen molar-refractivity contribution in [1.29, 1.82) is 0 Å². The number of carbonyl (C=O) groups is 1. The van der Waals surface area contributed by atoms with Gasteiger partial charge in [-0.05, 0) is 49.7 Å². The molecular weight excluding hydrogens is 489 g/mol. The first kappa shape index (κ1) is 24.7. The summed E-state index contributed by atoms with van der Waals surface area (Å²) in [7, 11) is 0. The lowest BCUT2D eigenvalue weighted by molar-refractivity contribution is -0.162. The maximum absolute atomic E-state index is 12.5. The van der Waals surface area contributed by atoms with Crippen LogP contribution in [0.25, 0.3) is 22.5 Å². The number of carbonyl (C=O) groups excluding carboxylic acids is 1. The number of rotatable bonds is 6. The van der Waals surface area contributed by atoms with E-state index in [0.717, 1.165) is 22.2 Å². The van der Waals surface area contributed by atoms with Gasteiger partial charge in [0.1, 0.15) is 12.2 Å². The fraction of sp³-hybridized carbons (Fsp3) is 0.375. The normalized spacial score (nSPS) is 15.8. The maximum atomic E-state index is 12.5. The van der Waals surface area contributed by atoms with Crippen molar-refractivity contribution in [1.82, 2.24) is 34.9 Å². The van der Waals surface area contributed by atoms with Crippen LogP contribution in [-0.4, -0.2) is 73.2 Å². The van der Waals surface area contributed by atoms with Crippen LogP contribution in [0.15, 0.2) is 41.1 Å². The number of aryl methyl sites for hydroxylation is 1. The highest BCUT2D eigenvalue weighted by atomic mass is 19.4. The molecule has 4 heterocycles. The molecule has 0 spiro atoms. The second-order valence-corrected chi connectivity index (χ2v) is 8.95. The number of H-pyrrole nitrogens is 1. The van der Waals surface area contributed by atoms with Gasteiger partial charge in [-0.15, -0.1) is 0 Å². The molecule has 1 amide bonds. The summed E-state index contributed by atoms with van der Waals surface area (Å²) in [5.41, 5.74) is 3.30. The summed E-state index contributed by atoms with van der Waals surface area (Å²) < 4.78 is 42.9. The van der Waals surface area contributed by atoms with Gasteiger partial charge in [0.15, 0.2) is 5.82 Å². The molecule has 3 aromatic heterocycles. The van der Waals surface area contributed by atoms with E-state index in [1.165, 1.54) is 4.90 Å². The lowest BCUT2D eigenvalue weighted by atomic mass is 10.1. The zero-order chi connectivity index (χ0) is 26.2. The number of nitrogens with one attached hydrogen (secondary N) is 2. The number of anilines is 2. The number of hydrogen-bond acceptors (Lipinski definition) is 8. The number of halogens is 3. The van der Waals surface area contributed by atoms with Crippen molar-refractivity contribution in [3.8, 4) is 11.5 Å². The summed E-state index contributed by atoms with van der Waals surface area (Å²) in [6.07, 6.45) is -4.21. The van der Waals surface area contributed by atoms with E-state index in [1.807, 2.05) is 37.3 Å². The molecule has 10 nitrogen and oxygen atoms in total. The molecule has 194 valence electrons. The van der Waals surface area contributed by atoms with E-state index >= 15 is 0 Å². The molecule has 1 saturated heterocycles. The molecule has 2 N–H and O–H groups in total. The highest BCUT2D eigenvalue weighted by molar-refractivity contribution is 5.82. The molecular formula is C24H25F3N8O2. The summed E-state index contributed by atoms with van der Waals surface area (Å²) in [5, 5.41) is 7.01. The average molecular weight is 515 g/mol. The maximum Gasteiger partial charge on any atom is 0.397 e. The number of fused-ring (bicyclic) bond motifs is 1. The van der Waals surface area contributed by atoms with Gasteiger partial charge in [0.05, 0.1) is 11.0 Å². The Kier molecular flexibility index (Phi) is 6.54. The van der Waals surface area contributed by atoms with Gasteiger partial charge in [-0.3, -0.25) is 9.69 Å². The molecule has 0 radical (unpaired) electrons. The van der Waals surface area contributed by atoms with E-state index in [4.69, 9.17) is 4.52 Å². The van der Waals surface area contributed by atoms with Gasteiger partial charge in [-0.1, -0.05) is 5.16 Å². The van der Waals surface area contributed by atoms with E-state index < -0.39 is 18.5 Å². The smallest absolute Gasteiger partial charge is 0.340 e. The molecule has 1 aromatic carbocycles. The third-order valence-corrected chi connectivity index (χ3v) is 6.34. The lowest BCUT2D eigenvalue weighted by Crippen LogP contribution is -2.50. The SMILES string of the molecule is Cc1noc(-c2ccc3nc(Nc4cc(C(C)N5CCN(C(=O)CC(F)(F)F)CC5)ccn4)[nH]c3c2)n1. The van der Waals surface area contributed by atoms with Crippen LogP contribution >= 0.6 is 0 Å². The van der Waals surface area contributed by atoms with Crippen molar-refractivity contribution in [2.45, 2.75) is 32.5 Å². The summed E-state index contributed by atoms with van der Waals surface area (Å²) in [4.78, 5) is 31.7. The quantitative estimate of drug-likeness (QED) is 0.393. The first-order valence-electron chi connectivity index (χ1n) is 11.8. The number of hydrogen-bond donors (Lipinski definition) is 2. The Morgan fingerprint density at radius 1 is 1.16 bits per heavy atom. The standard InChI is InChI=1S/C24H25F3N8O2/c1-14(34-7-9-35(10-8-34)21(36)13-24(25,26)27)16-5-6-28-20(12-16)32-23-30-18-4-3-17(11-19(18)31-23)22-29-15(2)33-37-22/h3-6,11-12,14H,7-10,13H2,1-2H3,(H2,28,30,31,32). The highest BCUT2D eigenvalue weighted by Gasteiger charge is 2.35. The molecule has 37 heavy (non-hydrogen) atoms. The van der Waals surface area contributed by atoms with E-state index in [-0.39, 0.29) is 19.1 Å². The van der Waals surface area contributed by atoms with Crippen molar-refractivity contribution < 1.29 is 22.5 Å². The molecule has 1 fully saturated rings. The van der Waals surface area contributed by atoms with Gasteiger partial charge in [0, 0.05) is 44.0 Å². The first-order valence-corrected chi connectivity index (χ1v) is 11.8. The predicted molar refractivity (Wildman–Crippen MR) is 129 cm³/mol. The Labute approximate surface area is 209 Å². The van der Waals surface area contributed by atoms with Gasteiger partial charge in [0.25, 0.3) is 5.89 Å². The molecule has 5 rings (SSSR count). The average Bonchev–Trinajstić information content (AvgIpc) is 3.47. The van der Waals surface area contributed by atoms with E-state index in [0.29, 0.717) is 36.6 Å². The lowest BCUT2D eigenvalue weighted by Gasteiger charge is -2.38. The number of alkyl halides is 3. The van der Waals surface area contributed by atoms with E-state index in [1.54, 1.807) is 13.1 Å². The molecule has 0 aliphatic carbocycles. The minimum atomic E-state index is -4.49. The van der Waals surface area contributed by atoms with Gasteiger partial charge in [-0.25, -0.2) is 9.97 Å². The molecule has 0 bridgehead atoms. The summed E-state index contributed by atoms with van der Waals surface area (Å²) in [6, 6.07) is 9.39. The molecule has 1 aliphatic rings. The first-order chi connectivity index (χ1) is 17.6. The van der Waals surface area contributed by atoms with Crippen molar-refractivity contribution >= 4 is 28.7 Å². The number of pyridine rings is 1. The van der Waals surface area contributed by atoms with Crippen LogP contribution in [0.3, 0.4) is 0 Å². The Balaban J connectivity index is 1.24. The van der Waals surface area contributed by atoms with Crippen LogP contribution in [0, 0.1) is 6.92 Å². The number of aromatic amines is 1. The zero-order valence-electron chi connectivity index (χ0n) is 20.2. The number of amides is 1. The van der Waals surface area contributed by atoms with Crippen molar-refractivity contribution in [2.24, 2.45) is 0 Å². The predicted octanol–water partition coefficient (Wildman–Crippen LogP) is 4.22. The number of aromatic nitrogens is 5. The fourth-order valence-corrected chi connectivity index (χ4v) is 4.37. The third-order valence-electron chi connectivity index (χ3n) is 6.34. The molecule has 1 atom stereocenters. The summed E-state index contributed by atoms with van der Waals surface area (Å²) in [5.74, 6) is 1.22. The summed E-state index contributed by atoms with van der Waals surface area (Å²) >= 11 is 0. The Morgan fingerprint density at radius 3 is 2.65 bits per heavy atom. The van der Waals surface area contributed by atoms with Crippen LogP contribution in [0.2, 0.25) is 0 Å². The minimum absolute atomic E-state index is 0.0143. The number of piperazine rings is 1. The molecule has 4 aromatic rings. The van der Waals surface area contributed by atoms with Gasteiger partial charge >= 0.3 is 6.18 Å². The fourth-order valence-electron chi connectivity index (χ4n) is 4.37. The van der Waals surface area contributed by atoms with Crippen molar-refractivity contribution in [3.05, 3.63) is 47.9 Å². The van der Waals surface area contributed by atoms with Crippen LogP contribution in [0.1, 0.15) is 30.8 Å². The van der Waals surface area contributed by atoms with Crippen LogP contribution in [0.5, 0.6) is 0 Å². The van der Waals surface area contributed by atoms with E-state index in [9.17, 15) is 18.0 Å². The highest BCUT2D eigenvalue weighted by Crippen LogP contribution is 2.27. The van der Waals surface area contributed by atoms with Gasteiger partial charge in [0.2, 0.25) is 11.9 Å². The van der Waals surface area contributed by atoms with Crippen LogP contribution < -0.4 is 5.32 Å².